The molecule has 0 aliphatic heterocycles. The molecule has 66 heavy (non-hydrogen) atoms. The van der Waals surface area contributed by atoms with Crippen LogP contribution in [0, 0.1) is 22.7 Å². The number of hydrogen-bond acceptors (Lipinski definition) is 2. The molecule has 0 N–H and O–H groups in total. The van der Waals surface area contributed by atoms with Gasteiger partial charge in [0.25, 0.3) is 0 Å². The van der Waals surface area contributed by atoms with E-state index in [0.717, 1.165) is 93.2 Å². The van der Waals surface area contributed by atoms with E-state index in [1.807, 2.05) is 24.3 Å². The molecule has 0 fully saturated rings. The highest BCUT2D eigenvalue weighted by Gasteiger charge is 2.25. The van der Waals surface area contributed by atoms with E-state index in [2.05, 4.69) is 212 Å². The first-order valence-electron chi connectivity index (χ1n) is 22.1. The number of hydrogen-bond donors (Lipinski definition) is 0. The Hall–Kier alpha value is -9.36. The number of benzene rings is 10. The lowest BCUT2D eigenvalue weighted by atomic mass is 10.0. The molecule has 0 spiro atoms. The van der Waals surface area contributed by atoms with E-state index in [-0.39, 0.29) is 0 Å². The summed E-state index contributed by atoms with van der Waals surface area (Å²) < 4.78 is 9.07. The molecule has 0 radical (unpaired) electrons. The molecule has 0 atom stereocenters. The second-order valence-electron chi connectivity index (χ2n) is 17.1. The minimum atomic E-state index is 0.466. The summed E-state index contributed by atoms with van der Waals surface area (Å²) in [5.41, 5.74) is 12.7. The Morgan fingerprint density at radius 1 is 0.288 bits per heavy atom. The van der Waals surface area contributed by atoms with Crippen LogP contribution in [0.2, 0.25) is 0 Å². The van der Waals surface area contributed by atoms with Crippen molar-refractivity contribution in [1.29, 1.82) is 10.5 Å². The summed E-state index contributed by atoms with van der Waals surface area (Å²) in [6.07, 6.45) is 0. The van der Waals surface area contributed by atoms with Crippen molar-refractivity contribution in [2.45, 2.75) is 0 Å². The maximum atomic E-state index is 11.2. The van der Waals surface area contributed by atoms with Crippen LogP contribution in [-0.4, -0.2) is 18.3 Å². The van der Waals surface area contributed by atoms with Crippen LogP contribution in [0.5, 0.6) is 0 Å². The predicted octanol–water partition coefficient (Wildman–Crippen LogP) is 15.0. The van der Waals surface area contributed by atoms with Crippen LogP contribution < -0.4 is 0 Å². The van der Waals surface area contributed by atoms with Crippen LogP contribution in [0.3, 0.4) is 0 Å². The zero-order valence-electron chi connectivity index (χ0n) is 35.3. The Morgan fingerprint density at radius 2 is 0.758 bits per heavy atom. The molecule has 6 nitrogen and oxygen atoms in total. The summed E-state index contributed by atoms with van der Waals surface area (Å²) in [7, 11) is 0. The van der Waals surface area contributed by atoms with Crippen molar-refractivity contribution in [1.82, 2.24) is 18.3 Å². The molecule has 304 valence electrons. The van der Waals surface area contributed by atoms with Gasteiger partial charge in [-0.15, -0.1) is 0 Å². The maximum absolute atomic E-state index is 11.2. The normalized spacial score (nSPS) is 11.9. The number of rotatable bonds is 4. The molecule has 4 heterocycles. The molecular formula is C60H34N6. The third kappa shape index (κ3) is 4.82. The van der Waals surface area contributed by atoms with Gasteiger partial charge in [0.05, 0.1) is 66.6 Å². The van der Waals surface area contributed by atoms with E-state index in [4.69, 9.17) is 0 Å². The predicted molar refractivity (Wildman–Crippen MR) is 271 cm³/mol. The molecule has 0 aliphatic carbocycles. The van der Waals surface area contributed by atoms with Crippen molar-refractivity contribution >= 4 is 98.0 Å². The first kappa shape index (κ1) is 36.2. The van der Waals surface area contributed by atoms with Gasteiger partial charge in [0, 0.05) is 54.5 Å². The van der Waals surface area contributed by atoms with Crippen molar-refractivity contribution in [3.8, 4) is 34.9 Å². The molecular weight excluding hydrogens is 805 g/mol. The van der Waals surface area contributed by atoms with Crippen LogP contribution in [0.15, 0.2) is 206 Å². The average molecular weight is 839 g/mol. The van der Waals surface area contributed by atoms with Gasteiger partial charge in [0.15, 0.2) is 0 Å². The quantitative estimate of drug-likeness (QED) is 0.177. The molecule has 14 rings (SSSR count). The van der Waals surface area contributed by atoms with Crippen LogP contribution in [0.4, 0.5) is 0 Å². The third-order valence-electron chi connectivity index (χ3n) is 13.8. The van der Waals surface area contributed by atoms with Crippen molar-refractivity contribution in [2.24, 2.45) is 0 Å². The van der Waals surface area contributed by atoms with E-state index in [9.17, 15) is 10.5 Å². The third-order valence-corrected chi connectivity index (χ3v) is 13.8. The van der Waals surface area contributed by atoms with Gasteiger partial charge in [0.1, 0.15) is 12.1 Å². The van der Waals surface area contributed by atoms with E-state index < -0.39 is 0 Å². The first-order chi connectivity index (χ1) is 32.7. The second-order valence-corrected chi connectivity index (χ2v) is 17.1. The SMILES string of the molecule is N#Cc1cc(-n2c3ccccc3c3c2ccc2c4ccccc4n(-c4ccccc4)c23)c(C#N)cc1-n1c2ccc(-n3c4ccccc4c4ccccc43)cc2c2c3ccccc3ccc21. The number of para-hydroxylation sites is 5. The Kier molecular flexibility index (Phi) is 7.43. The van der Waals surface area contributed by atoms with Crippen LogP contribution in [0.25, 0.3) is 121 Å². The van der Waals surface area contributed by atoms with Gasteiger partial charge in [-0.05, 0) is 89.6 Å². The van der Waals surface area contributed by atoms with Crippen molar-refractivity contribution in [2.75, 3.05) is 0 Å². The van der Waals surface area contributed by atoms with Crippen molar-refractivity contribution in [3.05, 3.63) is 217 Å². The molecule has 0 aliphatic rings. The number of nitriles is 2. The van der Waals surface area contributed by atoms with Crippen molar-refractivity contribution in [3.63, 3.8) is 0 Å². The average Bonchev–Trinajstić information content (AvgIpc) is 4.11. The minimum Gasteiger partial charge on any atom is -0.309 e. The van der Waals surface area contributed by atoms with E-state index >= 15 is 0 Å². The summed E-state index contributed by atoms with van der Waals surface area (Å²) in [5, 5.41) is 33.8. The number of nitrogens with zero attached hydrogens (tertiary/aromatic N) is 6. The fraction of sp³-hybridized carbons (Fsp3) is 0. The zero-order chi connectivity index (χ0) is 43.6. The Bertz CT molecular complexity index is 4430. The summed E-state index contributed by atoms with van der Waals surface area (Å²) in [6, 6.07) is 77.5. The molecule has 0 unspecified atom stereocenters. The van der Waals surface area contributed by atoms with Gasteiger partial charge in [-0.1, -0.05) is 127 Å². The Morgan fingerprint density at radius 3 is 1.39 bits per heavy atom. The van der Waals surface area contributed by atoms with Crippen LogP contribution >= 0.6 is 0 Å². The maximum Gasteiger partial charge on any atom is 0.101 e. The summed E-state index contributed by atoms with van der Waals surface area (Å²) in [6.45, 7) is 0. The van der Waals surface area contributed by atoms with Gasteiger partial charge in [0.2, 0.25) is 0 Å². The van der Waals surface area contributed by atoms with Crippen LogP contribution in [-0.2, 0) is 0 Å². The van der Waals surface area contributed by atoms with Gasteiger partial charge < -0.3 is 18.3 Å². The molecule has 4 aromatic heterocycles. The summed E-state index contributed by atoms with van der Waals surface area (Å²) >= 11 is 0. The smallest absolute Gasteiger partial charge is 0.101 e. The highest BCUT2D eigenvalue weighted by Crippen LogP contribution is 2.44. The lowest BCUT2D eigenvalue weighted by Gasteiger charge is -2.16. The fourth-order valence-corrected chi connectivity index (χ4v) is 11.1. The van der Waals surface area contributed by atoms with Gasteiger partial charge >= 0.3 is 0 Å². The molecule has 0 saturated heterocycles. The molecule has 10 aromatic carbocycles. The molecule has 14 aromatic rings. The van der Waals surface area contributed by atoms with Crippen molar-refractivity contribution < 1.29 is 0 Å². The largest absolute Gasteiger partial charge is 0.309 e. The van der Waals surface area contributed by atoms with E-state index in [0.29, 0.717) is 22.5 Å². The first-order valence-corrected chi connectivity index (χ1v) is 22.1. The van der Waals surface area contributed by atoms with Gasteiger partial charge in [-0.25, -0.2) is 0 Å². The highest BCUT2D eigenvalue weighted by atomic mass is 15.0. The topological polar surface area (TPSA) is 67.3 Å². The molecule has 0 bridgehead atoms. The number of aromatic nitrogens is 4. The lowest BCUT2D eigenvalue weighted by molar-refractivity contribution is 1.12. The molecule has 0 saturated carbocycles. The fourth-order valence-electron chi connectivity index (χ4n) is 11.1. The lowest BCUT2D eigenvalue weighted by Crippen LogP contribution is -2.04. The molecule has 6 heteroatoms. The van der Waals surface area contributed by atoms with Gasteiger partial charge in [-0.2, -0.15) is 10.5 Å². The Balaban J connectivity index is 1.05. The molecule has 0 amide bonds. The Labute approximate surface area is 377 Å². The summed E-state index contributed by atoms with van der Waals surface area (Å²) in [5.74, 6) is 0. The van der Waals surface area contributed by atoms with E-state index in [1.165, 1.54) is 16.2 Å². The highest BCUT2D eigenvalue weighted by molar-refractivity contribution is 6.26. The monoisotopic (exact) mass is 838 g/mol. The second kappa shape index (κ2) is 13.6. The van der Waals surface area contributed by atoms with E-state index in [1.54, 1.807) is 0 Å². The van der Waals surface area contributed by atoms with Crippen LogP contribution in [0.1, 0.15) is 11.1 Å². The number of fused-ring (bicyclic) bond motifs is 15. The standard InChI is InChI=1S/C60H34N6/c61-35-38-33-57(66-53-30-27-41(34-48(53)58-42-17-5-4-14-37(42)26-29-54(58)66)63-49-22-10-6-18-43(49)44-19-7-11-23-50(44)63)39(36-62)32-56(38)65-52-25-13-9-21-47(52)59-55(65)31-28-46-45-20-8-12-24-51(45)64(60(46)59)40-15-2-1-3-16-40/h1-34H. The summed E-state index contributed by atoms with van der Waals surface area (Å²) in [4.78, 5) is 0. The minimum absolute atomic E-state index is 0.466. The van der Waals surface area contributed by atoms with Gasteiger partial charge in [-0.3, -0.25) is 0 Å². The zero-order valence-corrected chi connectivity index (χ0v) is 35.3.